The summed E-state index contributed by atoms with van der Waals surface area (Å²) in [5.41, 5.74) is 1.26. The summed E-state index contributed by atoms with van der Waals surface area (Å²) in [5, 5.41) is -0.510. The summed E-state index contributed by atoms with van der Waals surface area (Å²) >= 11 is 0.762. The van der Waals surface area contributed by atoms with Gasteiger partial charge in [0.25, 0.3) is 11.1 Å². The summed E-state index contributed by atoms with van der Waals surface area (Å²) < 4.78 is 23.8. The quantitative estimate of drug-likeness (QED) is 0.613. The first-order valence-electron chi connectivity index (χ1n) is 8.70. The fourth-order valence-electron chi connectivity index (χ4n) is 2.68. The number of ketones is 1. The number of imide groups is 1. The minimum absolute atomic E-state index is 0.148. The minimum Gasteiger partial charge on any atom is -0.488 e. The summed E-state index contributed by atoms with van der Waals surface area (Å²) in [4.78, 5) is 37.4. The molecule has 1 fully saturated rings. The number of ether oxygens (including phenoxy) is 2. The minimum atomic E-state index is -0.538. The number of methoxy groups -OCH3 is 1. The zero-order valence-corrected chi connectivity index (χ0v) is 16.4. The topological polar surface area (TPSA) is 72.9 Å². The Morgan fingerprint density at radius 3 is 2.72 bits per heavy atom. The van der Waals surface area contributed by atoms with Crippen molar-refractivity contribution in [3.05, 3.63) is 70.4 Å². The number of carbonyl (C=O) groups is 3. The van der Waals surface area contributed by atoms with Crippen molar-refractivity contribution in [2.24, 2.45) is 0 Å². The van der Waals surface area contributed by atoms with E-state index in [1.165, 1.54) is 19.2 Å². The van der Waals surface area contributed by atoms with Crippen molar-refractivity contribution in [1.29, 1.82) is 0 Å². The highest BCUT2D eigenvalue weighted by atomic mass is 32.2. The number of Topliss-reactive ketones (excluding diaryl/α,β-unsaturated/α-hetero) is 1. The molecule has 6 nitrogen and oxygen atoms in total. The van der Waals surface area contributed by atoms with E-state index in [4.69, 9.17) is 9.47 Å². The highest BCUT2D eigenvalue weighted by Crippen LogP contribution is 2.34. The van der Waals surface area contributed by atoms with Gasteiger partial charge in [0, 0.05) is 12.7 Å². The zero-order chi connectivity index (χ0) is 20.8. The molecule has 2 aromatic rings. The lowest BCUT2D eigenvalue weighted by molar-refractivity contribution is -0.130. The van der Waals surface area contributed by atoms with E-state index in [9.17, 15) is 18.8 Å². The third kappa shape index (κ3) is 5.30. The largest absolute Gasteiger partial charge is 0.488 e. The van der Waals surface area contributed by atoms with E-state index < -0.39 is 11.1 Å². The first-order chi connectivity index (χ1) is 14.0. The first kappa shape index (κ1) is 20.8. The van der Waals surface area contributed by atoms with Crippen LogP contribution in [0.3, 0.4) is 0 Å². The van der Waals surface area contributed by atoms with Gasteiger partial charge in [0.2, 0.25) is 0 Å². The van der Waals surface area contributed by atoms with Crippen LogP contribution < -0.4 is 4.74 Å². The van der Waals surface area contributed by atoms with Crippen LogP contribution in [0.4, 0.5) is 9.18 Å². The van der Waals surface area contributed by atoms with E-state index in [-0.39, 0.29) is 36.3 Å². The number of amides is 2. The molecule has 0 aliphatic carbocycles. The van der Waals surface area contributed by atoms with Crippen molar-refractivity contribution in [2.45, 2.75) is 6.61 Å². The lowest BCUT2D eigenvalue weighted by atomic mass is 10.1. The number of hydrogen-bond acceptors (Lipinski definition) is 6. The van der Waals surface area contributed by atoms with Gasteiger partial charge in [-0.25, -0.2) is 4.39 Å². The number of hydrogen-bond donors (Lipinski definition) is 0. The molecule has 0 radical (unpaired) electrons. The van der Waals surface area contributed by atoms with Crippen LogP contribution in [-0.4, -0.2) is 42.1 Å². The second-order valence-electron chi connectivity index (χ2n) is 6.20. The Kier molecular flexibility index (Phi) is 6.79. The normalized spacial score (nSPS) is 15.2. The smallest absolute Gasteiger partial charge is 0.293 e. The number of rotatable bonds is 8. The molecule has 0 atom stereocenters. The predicted molar refractivity (Wildman–Crippen MR) is 107 cm³/mol. The van der Waals surface area contributed by atoms with Gasteiger partial charge in [-0.2, -0.15) is 0 Å². The van der Waals surface area contributed by atoms with Crippen LogP contribution in [0.15, 0.2) is 53.4 Å². The van der Waals surface area contributed by atoms with Gasteiger partial charge in [-0.3, -0.25) is 19.3 Å². The van der Waals surface area contributed by atoms with Gasteiger partial charge in [-0.05, 0) is 41.6 Å². The lowest BCUT2D eigenvalue weighted by Gasteiger charge is -2.11. The molecule has 0 unspecified atom stereocenters. The Morgan fingerprint density at radius 2 is 1.97 bits per heavy atom. The van der Waals surface area contributed by atoms with Crippen LogP contribution in [0.1, 0.15) is 11.1 Å². The van der Waals surface area contributed by atoms with Crippen molar-refractivity contribution in [3.8, 4) is 5.75 Å². The Balaban J connectivity index is 1.76. The molecule has 0 bridgehead atoms. The van der Waals surface area contributed by atoms with Gasteiger partial charge in [0.15, 0.2) is 5.78 Å². The van der Waals surface area contributed by atoms with Crippen molar-refractivity contribution in [3.63, 3.8) is 0 Å². The highest BCUT2D eigenvalue weighted by Gasteiger charge is 2.36. The highest BCUT2D eigenvalue weighted by molar-refractivity contribution is 8.18. The molecule has 0 saturated carbocycles. The number of benzene rings is 2. The van der Waals surface area contributed by atoms with Crippen LogP contribution in [0.5, 0.6) is 5.75 Å². The maximum atomic E-state index is 13.3. The molecule has 0 N–H and O–H groups in total. The fraction of sp³-hybridized carbons (Fsp3) is 0.190. The second-order valence-corrected chi connectivity index (χ2v) is 7.19. The van der Waals surface area contributed by atoms with Gasteiger partial charge < -0.3 is 9.47 Å². The summed E-state index contributed by atoms with van der Waals surface area (Å²) in [5.74, 6) is -0.769. The van der Waals surface area contributed by atoms with Crippen molar-refractivity contribution < 1.29 is 28.2 Å². The number of thioether (sulfide) groups is 1. The molecule has 1 heterocycles. The summed E-state index contributed by atoms with van der Waals surface area (Å²) in [6, 6.07) is 13.1. The van der Waals surface area contributed by atoms with Gasteiger partial charge >= 0.3 is 0 Å². The Labute approximate surface area is 171 Å². The monoisotopic (exact) mass is 415 g/mol. The van der Waals surface area contributed by atoms with E-state index >= 15 is 0 Å². The molecule has 1 aliphatic heterocycles. The number of para-hydroxylation sites is 1. The molecule has 29 heavy (non-hydrogen) atoms. The Hall–Kier alpha value is -2.97. The molecule has 0 aromatic heterocycles. The zero-order valence-electron chi connectivity index (χ0n) is 15.6. The standard InChI is InChI=1S/C21H18FNO5S/c1-27-13-17(24)11-23-20(25)19(29-21(23)26)10-15-6-2-3-8-18(15)28-12-14-5-4-7-16(22)9-14/h2-10H,11-13H2,1H3/b19-10+. The Bertz CT molecular complexity index is 975. The summed E-state index contributed by atoms with van der Waals surface area (Å²) in [7, 11) is 1.37. The molecule has 150 valence electrons. The van der Waals surface area contributed by atoms with E-state index in [2.05, 4.69) is 0 Å². The molecule has 2 amide bonds. The van der Waals surface area contributed by atoms with Crippen LogP contribution >= 0.6 is 11.8 Å². The Morgan fingerprint density at radius 1 is 1.17 bits per heavy atom. The predicted octanol–water partition coefficient (Wildman–Crippen LogP) is 3.66. The van der Waals surface area contributed by atoms with Gasteiger partial charge in [-0.15, -0.1) is 0 Å². The summed E-state index contributed by atoms with van der Waals surface area (Å²) in [6.07, 6.45) is 1.55. The second kappa shape index (κ2) is 9.49. The number of carbonyl (C=O) groups excluding carboxylic acids is 3. The molecule has 8 heteroatoms. The van der Waals surface area contributed by atoms with Gasteiger partial charge in [-0.1, -0.05) is 30.3 Å². The molecule has 1 aliphatic rings. The molecule has 1 saturated heterocycles. The SMILES string of the molecule is COCC(=O)CN1C(=O)S/C(=C/c2ccccc2OCc2cccc(F)c2)C1=O. The third-order valence-electron chi connectivity index (χ3n) is 4.00. The first-order valence-corrected chi connectivity index (χ1v) is 9.52. The maximum absolute atomic E-state index is 13.3. The van der Waals surface area contributed by atoms with E-state index in [1.807, 2.05) is 0 Å². The lowest BCUT2D eigenvalue weighted by Crippen LogP contribution is -2.35. The van der Waals surface area contributed by atoms with Crippen LogP contribution in [-0.2, 0) is 20.9 Å². The van der Waals surface area contributed by atoms with Crippen molar-refractivity contribution in [2.75, 3.05) is 20.3 Å². The van der Waals surface area contributed by atoms with Gasteiger partial charge in [0.05, 0.1) is 11.4 Å². The average molecular weight is 415 g/mol. The number of nitrogens with zero attached hydrogens (tertiary/aromatic N) is 1. The fourth-order valence-corrected chi connectivity index (χ4v) is 3.51. The average Bonchev–Trinajstić information content (AvgIpc) is 2.95. The molecular weight excluding hydrogens is 397 g/mol. The van der Waals surface area contributed by atoms with Crippen LogP contribution in [0.2, 0.25) is 0 Å². The van der Waals surface area contributed by atoms with Crippen molar-refractivity contribution >= 4 is 34.8 Å². The molecule has 3 rings (SSSR count). The number of halogens is 1. The van der Waals surface area contributed by atoms with E-state index in [0.29, 0.717) is 16.9 Å². The molecular formula is C21H18FNO5S. The van der Waals surface area contributed by atoms with Crippen LogP contribution in [0, 0.1) is 5.82 Å². The molecule has 0 spiro atoms. The van der Waals surface area contributed by atoms with Crippen LogP contribution in [0.25, 0.3) is 6.08 Å². The van der Waals surface area contributed by atoms with Gasteiger partial charge in [0.1, 0.15) is 24.8 Å². The molecule has 2 aromatic carbocycles. The maximum Gasteiger partial charge on any atom is 0.293 e. The van der Waals surface area contributed by atoms with E-state index in [1.54, 1.807) is 42.5 Å². The van der Waals surface area contributed by atoms with E-state index in [0.717, 1.165) is 16.7 Å². The summed E-state index contributed by atoms with van der Waals surface area (Å²) in [6.45, 7) is -0.347. The van der Waals surface area contributed by atoms with Crippen molar-refractivity contribution in [1.82, 2.24) is 4.90 Å². The third-order valence-corrected chi connectivity index (χ3v) is 4.91.